The van der Waals surface area contributed by atoms with Gasteiger partial charge in [0.2, 0.25) is 5.95 Å². The molecule has 1 aliphatic carbocycles. The SMILES string of the molecule is Cc1c([C@@H]2CN(Cc3cnc(-n4cc(C#N)c(C5CC5)n4)nc3)CCN2)ccc2c1COC2=O. The van der Waals surface area contributed by atoms with Crippen LogP contribution >= 0.6 is 0 Å². The van der Waals surface area contributed by atoms with Crippen molar-refractivity contribution in [2.45, 2.75) is 44.9 Å². The molecule has 1 saturated carbocycles. The molecule has 1 aromatic carbocycles. The number of ether oxygens (including phenoxy) is 1. The van der Waals surface area contributed by atoms with Gasteiger partial charge in [0.1, 0.15) is 12.7 Å². The molecule has 1 atom stereocenters. The Morgan fingerprint density at radius 1 is 1.26 bits per heavy atom. The quantitative estimate of drug-likeness (QED) is 0.585. The molecule has 9 nitrogen and oxygen atoms in total. The average molecular weight is 456 g/mol. The first-order valence-corrected chi connectivity index (χ1v) is 11.7. The summed E-state index contributed by atoms with van der Waals surface area (Å²) in [6.45, 7) is 5.85. The van der Waals surface area contributed by atoms with Crippen LogP contribution in [0.1, 0.15) is 68.7 Å². The summed E-state index contributed by atoms with van der Waals surface area (Å²) in [5, 5.41) is 17.6. The Morgan fingerprint density at radius 2 is 2.09 bits per heavy atom. The Balaban J connectivity index is 1.15. The monoisotopic (exact) mass is 455 g/mol. The maximum absolute atomic E-state index is 11.9. The fraction of sp³-hybridized carbons (Fsp3) is 0.400. The third-order valence-corrected chi connectivity index (χ3v) is 6.97. The van der Waals surface area contributed by atoms with Gasteiger partial charge in [-0.05, 0) is 37.0 Å². The topological polar surface area (TPSA) is 109 Å². The molecule has 0 radical (unpaired) electrons. The Kier molecular flexibility index (Phi) is 5.12. The molecule has 1 saturated heterocycles. The van der Waals surface area contributed by atoms with Crippen LogP contribution < -0.4 is 5.32 Å². The summed E-state index contributed by atoms with van der Waals surface area (Å²) < 4.78 is 6.82. The van der Waals surface area contributed by atoms with Gasteiger partial charge in [-0.15, -0.1) is 0 Å². The Hall–Kier alpha value is -3.61. The van der Waals surface area contributed by atoms with E-state index in [-0.39, 0.29) is 12.0 Å². The molecule has 2 aliphatic heterocycles. The third kappa shape index (κ3) is 3.75. The lowest BCUT2D eigenvalue weighted by Gasteiger charge is -2.34. The Labute approximate surface area is 197 Å². The number of rotatable bonds is 5. The second-order valence-electron chi connectivity index (χ2n) is 9.27. The zero-order valence-corrected chi connectivity index (χ0v) is 19.0. The summed E-state index contributed by atoms with van der Waals surface area (Å²) in [7, 11) is 0. The highest BCUT2D eigenvalue weighted by molar-refractivity contribution is 5.94. The van der Waals surface area contributed by atoms with E-state index in [0.29, 0.717) is 29.6 Å². The van der Waals surface area contributed by atoms with Crippen LogP contribution in [0.3, 0.4) is 0 Å². The molecule has 6 rings (SSSR count). The summed E-state index contributed by atoms with van der Waals surface area (Å²) in [6.07, 6.45) is 7.59. The predicted octanol–water partition coefficient (Wildman–Crippen LogP) is 2.54. The molecule has 2 aromatic heterocycles. The van der Waals surface area contributed by atoms with Crippen LogP contribution in [0.15, 0.2) is 30.7 Å². The van der Waals surface area contributed by atoms with E-state index < -0.39 is 0 Å². The minimum absolute atomic E-state index is 0.185. The fourth-order valence-corrected chi connectivity index (χ4v) is 4.95. The van der Waals surface area contributed by atoms with Gasteiger partial charge >= 0.3 is 5.97 Å². The number of benzene rings is 1. The first-order chi connectivity index (χ1) is 16.6. The number of carbonyl (C=O) groups excluding carboxylic acids is 1. The van der Waals surface area contributed by atoms with Crippen LogP contribution in [0, 0.1) is 18.3 Å². The molecular weight excluding hydrogens is 430 g/mol. The van der Waals surface area contributed by atoms with Gasteiger partial charge in [-0.2, -0.15) is 10.4 Å². The van der Waals surface area contributed by atoms with E-state index in [1.807, 2.05) is 18.5 Å². The molecule has 34 heavy (non-hydrogen) atoms. The molecule has 3 aromatic rings. The summed E-state index contributed by atoms with van der Waals surface area (Å²) in [5.74, 6) is 0.656. The van der Waals surface area contributed by atoms with Crippen LogP contribution in [0.4, 0.5) is 0 Å². The van der Waals surface area contributed by atoms with Crippen LogP contribution in [0.5, 0.6) is 0 Å². The highest BCUT2D eigenvalue weighted by atomic mass is 16.5. The number of nitriles is 1. The average Bonchev–Trinajstić information content (AvgIpc) is 3.50. The molecule has 172 valence electrons. The number of fused-ring (bicyclic) bond motifs is 1. The number of nitrogens with one attached hydrogen (secondary N) is 1. The summed E-state index contributed by atoms with van der Waals surface area (Å²) in [5.41, 5.74) is 6.55. The van der Waals surface area contributed by atoms with E-state index in [9.17, 15) is 10.1 Å². The Bertz CT molecular complexity index is 1300. The van der Waals surface area contributed by atoms with Crippen LogP contribution in [-0.4, -0.2) is 50.3 Å². The number of carbonyl (C=O) groups is 1. The largest absolute Gasteiger partial charge is 0.457 e. The van der Waals surface area contributed by atoms with Crippen LogP contribution in [0.2, 0.25) is 0 Å². The third-order valence-electron chi connectivity index (χ3n) is 6.97. The van der Waals surface area contributed by atoms with Crippen molar-refractivity contribution in [2.75, 3.05) is 19.6 Å². The highest BCUT2D eigenvalue weighted by Crippen LogP contribution is 2.40. The van der Waals surface area contributed by atoms with Crippen molar-refractivity contribution in [2.24, 2.45) is 0 Å². The van der Waals surface area contributed by atoms with E-state index in [0.717, 1.165) is 61.4 Å². The van der Waals surface area contributed by atoms with E-state index in [4.69, 9.17) is 4.74 Å². The fourth-order valence-electron chi connectivity index (χ4n) is 4.95. The van der Waals surface area contributed by atoms with Crippen molar-refractivity contribution in [1.82, 2.24) is 30.0 Å². The molecule has 2 fully saturated rings. The lowest BCUT2D eigenvalue weighted by atomic mass is 9.93. The molecule has 3 aliphatic rings. The molecule has 0 spiro atoms. The number of hydrogen-bond acceptors (Lipinski definition) is 8. The standard InChI is InChI=1S/C25H25N7O2/c1-15-19(4-5-20-21(15)14-34-24(20)33)22-13-31(7-6-27-22)11-16-9-28-25(29-10-16)32-12-18(8-26)23(30-32)17-2-3-17/h4-5,9-10,12,17,22,27H,2-3,6-7,11,13-14H2,1H3/t22-/m0/s1. The second-order valence-corrected chi connectivity index (χ2v) is 9.27. The van der Waals surface area contributed by atoms with Crippen molar-refractivity contribution in [3.8, 4) is 12.0 Å². The predicted molar refractivity (Wildman–Crippen MR) is 122 cm³/mol. The zero-order chi connectivity index (χ0) is 23.2. The number of nitrogens with zero attached hydrogens (tertiary/aromatic N) is 6. The first-order valence-electron chi connectivity index (χ1n) is 11.7. The van der Waals surface area contributed by atoms with Crippen LogP contribution in [-0.2, 0) is 17.9 Å². The van der Waals surface area contributed by atoms with Gasteiger partial charge < -0.3 is 10.1 Å². The molecule has 0 bridgehead atoms. The summed E-state index contributed by atoms with van der Waals surface area (Å²) in [6, 6.07) is 6.36. The van der Waals surface area contributed by atoms with Gasteiger partial charge in [0, 0.05) is 61.7 Å². The maximum Gasteiger partial charge on any atom is 0.338 e. The van der Waals surface area contributed by atoms with E-state index in [1.54, 1.807) is 10.9 Å². The lowest BCUT2D eigenvalue weighted by molar-refractivity contribution is 0.0535. The lowest BCUT2D eigenvalue weighted by Crippen LogP contribution is -2.45. The molecule has 4 heterocycles. The minimum atomic E-state index is -0.228. The Morgan fingerprint density at radius 3 is 2.85 bits per heavy atom. The van der Waals surface area contributed by atoms with Crippen molar-refractivity contribution < 1.29 is 9.53 Å². The van der Waals surface area contributed by atoms with E-state index in [2.05, 4.69) is 44.3 Å². The summed E-state index contributed by atoms with van der Waals surface area (Å²) in [4.78, 5) is 23.3. The number of hydrogen-bond donors (Lipinski definition) is 1. The number of cyclic esters (lactones) is 1. The van der Waals surface area contributed by atoms with Crippen molar-refractivity contribution in [3.05, 3.63) is 69.8 Å². The first kappa shape index (κ1) is 21.0. The van der Waals surface area contributed by atoms with E-state index in [1.165, 1.54) is 5.56 Å². The number of piperazine rings is 1. The molecule has 1 N–H and O–H groups in total. The normalized spacial score (nSPS) is 20.1. The van der Waals surface area contributed by atoms with Gasteiger partial charge in [0.25, 0.3) is 0 Å². The zero-order valence-electron chi connectivity index (χ0n) is 19.0. The van der Waals surface area contributed by atoms with Gasteiger partial charge in [-0.3, -0.25) is 4.90 Å². The van der Waals surface area contributed by atoms with Gasteiger partial charge in [-0.1, -0.05) is 6.07 Å². The molecule has 9 heteroatoms. The molecular formula is C25H25N7O2. The van der Waals surface area contributed by atoms with Crippen LogP contribution in [0.25, 0.3) is 5.95 Å². The van der Waals surface area contributed by atoms with Crippen molar-refractivity contribution in [3.63, 3.8) is 0 Å². The second kappa shape index (κ2) is 8.31. The maximum atomic E-state index is 11.9. The van der Waals surface area contributed by atoms with Crippen molar-refractivity contribution in [1.29, 1.82) is 5.26 Å². The van der Waals surface area contributed by atoms with Gasteiger partial charge in [-0.25, -0.2) is 19.4 Å². The number of aromatic nitrogens is 4. The molecule has 0 amide bonds. The van der Waals surface area contributed by atoms with Crippen molar-refractivity contribution >= 4 is 5.97 Å². The molecule has 0 unspecified atom stereocenters. The highest BCUT2D eigenvalue weighted by Gasteiger charge is 2.30. The summed E-state index contributed by atoms with van der Waals surface area (Å²) >= 11 is 0. The minimum Gasteiger partial charge on any atom is -0.457 e. The van der Waals surface area contributed by atoms with E-state index >= 15 is 0 Å². The number of esters is 1. The van der Waals surface area contributed by atoms with Gasteiger partial charge in [0.15, 0.2) is 0 Å². The smallest absolute Gasteiger partial charge is 0.338 e. The van der Waals surface area contributed by atoms with Gasteiger partial charge in [0.05, 0.1) is 23.0 Å².